The predicted octanol–water partition coefficient (Wildman–Crippen LogP) is 4.17. The first-order valence-electron chi connectivity index (χ1n) is 9.16. The summed E-state index contributed by atoms with van der Waals surface area (Å²) >= 11 is 0. The van der Waals surface area contributed by atoms with Gasteiger partial charge in [-0.15, -0.1) is 10.2 Å². The van der Waals surface area contributed by atoms with Gasteiger partial charge in [0.25, 0.3) is 6.43 Å². The van der Waals surface area contributed by atoms with Crippen LogP contribution in [0.4, 0.5) is 8.78 Å². The molecule has 0 spiro atoms. The van der Waals surface area contributed by atoms with Gasteiger partial charge in [-0.2, -0.15) is 0 Å². The van der Waals surface area contributed by atoms with Gasteiger partial charge in [0.15, 0.2) is 5.65 Å². The van der Waals surface area contributed by atoms with Gasteiger partial charge in [-0.25, -0.2) is 8.78 Å². The van der Waals surface area contributed by atoms with E-state index in [9.17, 15) is 8.78 Å². The number of benzene rings is 1. The van der Waals surface area contributed by atoms with Gasteiger partial charge in [-0.05, 0) is 36.6 Å². The van der Waals surface area contributed by atoms with Crippen LogP contribution in [-0.2, 0) is 4.74 Å². The molecule has 8 heteroatoms. The van der Waals surface area contributed by atoms with E-state index in [1.165, 1.54) is 12.3 Å². The van der Waals surface area contributed by atoms with Crippen LogP contribution in [0.5, 0.6) is 0 Å². The second-order valence-electron chi connectivity index (χ2n) is 6.91. The Bertz CT molecular complexity index is 1150. The summed E-state index contributed by atoms with van der Waals surface area (Å²) in [4.78, 5) is 8.43. The molecule has 5 rings (SSSR count). The zero-order valence-corrected chi connectivity index (χ0v) is 14.9. The van der Waals surface area contributed by atoms with E-state index in [0.29, 0.717) is 24.4 Å². The van der Waals surface area contributed by atoms with Gasteiger partial charge in [0.2, 0.25) is 0 Å². The van der Waals surface area contributed by atoms with Crippen LogP contribution in [0.25, 0.3) is 27.8 Å². The third kappa shape index (κ3) is 2.90. The molecule has 0 saturated carbocycles. The van der Waals surface area contributed by atoms with Crippen molar-refractivity contribution in [1.29, 1.82) is 0 Å². The predicted molar refractivity (Wildman–Crippen MR) is 99.3 cm³/mol. The molecule has 0 bridgehead atoms. The van der Waals surface area contributed by atoms with Crippen LogP contribution >= 0.6 is 0 Å². The van der Waals surface area contributed by atoms with Crippen molar-refractivity contribution in [1.82, 2.24) is 24.6 Å². The van der Waals surface area contributed by atoms with Crippen LogP contribution < -0.4 is 0 Å². The average molecular weight is 381 g/mol. The molecule has 0 unspecified atom stereocenters. The molecule has 1 aromatic carbocycles. The molecule has 1 aliphatic rings. The van der Waals surface area contributed by atoms with Crippen molar-refractivity contribution in [3.63, 3.8) is 0 Å². The molecule has 28 heavy (non-hydrogen) atoms. The third-order valence-corrected chi connectivity index (χ3v) is 5.18. The molecule has 4 aromatic rings. The lowest BCUT2D eigenvalue weighted by molar-refractivity contribution is 0.0834. The van der Waals surface area contributed by atoms with Crippen molar-refractivity contribution in [3.05, 3.63) is 54.2 Å². The van der Waals surface area contributed by atoms with E-state index in [0.717, 1.165) is 35.3 Å². The van der Waals surface area contributed by atoms with Crippen molar-refractivity contribution in [2.45, 2.75) is 25.2 Å². The first-order valence-corrected chi connectivity index (χ1v) is 9.16. The Labute approximate surface area is 159 Å². The molecule has 1 fully saturated rings. The topological polar surface area (TPSA) is 65.2 Å². The first-order chi connectivity index (χ1) is 13.7. The summed E-state index contributed by atoms with van der Waals surface area (Å²) in [5.74, 6) is 1.16. The highest BCUT2D eigenvalue weighted by Gasteiger charge is 2.22. The summed E-state index contributed by atoms with van der Waals surface area (Å²) in [7, 11) is 0. The number of aromatic nitrogens is 5. The van der Waals surface area contributed by atoms with Crippen molar-refractivity contribution in [2.24, 2.45) is 0 Å². The average Bonchev–Trinajstić information content (AvgIpc) is 3.19. The molecule has 0 amide bonds. The van der Waals surface area contributed by atoms with Crippen LogP contribution in [0.3, 0.4) is 0 Å². The molecule has 0 N–H and O–H groups in total. The van der Waals surface area contributed by atoms with E-state index in [-0.39, 0.29) is 11.5 Å². The number of ether oxygens (including phenoxy) is 1. The summed E-state index contributed by atoms with van der Waals surface area (Å²) in [6, 6.07) is 7.16. The van der Waals surface area contributed by atoms with E-state index in [1.807, 2.05) is 22.6 Å². The molecule has 1 saturated heterocycles. The van der Waals surface area contributed by atoms with Crippen LogP contribution in [0.2, 0.25) is 0 Å². The molecule has 0 aliphatic carbocycles. The SMILES string of the molecule is FC(F)c1cncc(-c2ccc3ncc4nnc(C5CCOCC5)n4c3c2)c1. The zero-order chi connectivity index (χ0) is 19.1. The van der Waals surface area contributed by atoms with Crippen molar-refractivity contribution in [2.75, 3.05) is 13.2 Å². The standard InChI is InChI=1S/C20H17F2N5O/c21-19(22)15-7-14(9-23-10-15)13-1-2-16-17(8-13)27-18(11-24-16)25-26-20(27)12-3-5-28-6-4-12/h1-2,7-12,19H,3-6H2. The second kappa shape index (κ2) is 6.87. The first kappa shape index (κ1) is 17.1. The summed E-state index contributed by atoms with van der Waals surface area (Å²) in [6.07, 6.45) is 3.72. The number of hydrogen-bond donors (Lipinski definition) is 0. The van der Waals surface area contributed by atoms with Gasteiger partial charge in [0, 0.05) is 42.7 Å². The van der Waals surface area contributed by atoms with E-state index >= 15 is 0 Å². The summed E-state index contributed by atoms with van der Waals surface area (Å²) in [5.41, 5.74) is 3.65. The molecule has 3 aromatic heterocycles. The van der Waals surface area contributed by atoms with Gasteiger partial charge >= 0.3 is 0 Å². The molecule has 4 heterocycles. The monoisotopic (exact) mass is 381 g/mol. The van der Waals surface area contributed by atoms with Crippen molar-refractivity contribution in [3.8, 4) is 11.1 Å². The van der Waals surface area contributed by atoms with Gasteiger partial charge in [-0.1, -0.05) is 6.07 Å². The van der Waals surface area contributed by atoms with Gasteiger partial charge in [0.05, 0.1) is 17.2 Å². The molecule has 6 nitrogen and oxygen atoms in total. The number of rotatable bonds is 3. The van der Waals surface area contributed by atoms with Gasteiger partial charge < -0.3 is 4.74 Å². The third-order valence-electron chi connectivity index (χ3n) is 5.18. The number of pyridine rings is 1. The maximum Gasteiger partial charge on any atom is 0.265 e. The smallest absolute Gasteiger partial charge is 0.265 e. The highest BCUT2D eigenvalue weighted by molar-refractivity contribution is 5.83. The minimum atomic E-state index is -2.56. The fourth-order valence-corrected chi connectivity index (χ4v) is 3.71. The van der Waals surface area contributed by atoms with E-state index in [2.05, 4.69) is 20.2 Å². The number of alkyl halides is 2. The lowest BCUT2D eigenvalue weighted by Gasteiger charge is -2.20. The van der Waals surface area contributed by atoms with Crippen LogP contribution in [-0.4, -0.2) is 37.8 Å². The highest BCUT2D eigenvalue weighted by Crippen LogP contribution is 2.30. The normalized spacial score (nSPS) is 15.7. The molecule has 0 radical (unpaired) electrons. The molecular weight excluding hydrogens is 364 g/mol. The van der Waals surface area contributed by atoms with E-state index in [4.69, 9.17) is 4.74 Å². The number of fused-ring (bicyclic) bond motifs is 3. The fraction of sp³-hybridized carbons (Fsp3) is 0.300. The fourth-order valence-electron chi connectivity index (χ4n) is 3.71. The molecule has 1 aliphatic heterocycles. The van der Waals surface area contributed by atoms with Gasteiger partial charge in [-0.3, -0.25) is 14.4 Å². The number of nitrogens with zero attached hydrogens (tertiary/aromatic N) is 5. The van der Waals surface area contributed by atoms with Crippen LogP contribution in [0.15, 0.2) is 42.9 Å². The summed E-state index contributed by atoms with van der Waals surface area (Å²) < 4.78 is 33.6. The molecule has 142 valence electrons. The number of halogens is 2. The Morgan fingerprint density at radius 3 is 2.68 bits per heavy atom. The Hall–Kier alpha value is -3.00. The Balaban J connectivity index is 1.68. The quantitative estimate of drug-likeness (QED) is 0.533. The van der Waals surface area contributed by atoms with Crippen LogP contribution in [0.1, 0.15) is 36.6 Å². The van der Waals surface area contributed by atoms with E-state index in [1.54, 1.807) is 12.4 Å². The Morgan fingerprint density at radius 1 is 1.00 bits per heavy atom. The van der Waals surface area contributed by atoms with Crippen LogP contribution in [0, 0.1) is 0 Å². The maximum absolute atomic E-state index is 13.1. The molecule has 0 atom stereocenters. The van der Waals surface area contributed by atoms with Crippen molar-refractivity contribution < 1.29 is 13.5 Å². The van der Waals surface area contributed by atoms with E-state index < -0.39 is 6.43 Å². The lowest BCUT2D eigenvalue weighted by Crippen LogP contribution is -2.16. The minimum Gasteiger partial charge on any atom is -0.381 e. The Morgan fingerprint density at radius 2 is 1.86 bits per heavy atom. The second-order valence-corrected chi connectivity index (χ2v) is 6.91. The maximum atomic E-state index is 13.1. The summed E-state index contributed by atoms with van der Waals surface area (Å²) in [5, 5.41) is 8.70. The van der Waals surface area contributed by atoms with Gasteiger partial charge in [0.1, 0.15) is 5.82 Å². The molecular formula is C20H17F2N5O. The Kier molecular flexibility index (Phi) is 4.20. The largest absolute Gasteiger partial charge is 0.381 e. The minimum absolute atomic E-state index is 0.0962. The number of hydrogen-bond acceptors (Lipinski definition) is 5. The van der Waals surface area contributed by atoms with Crippen molar-refractivity contribution >= 4 is 16.7 Å². The summed E-state index contributed by atoms with van der Waals surface area (Å²) in [6.45, 7) is 1.42. The lowest BCUT2D eigenvalue weighted by atomic mass is 9.99. The zero-order valence-electron chi connectivity index (χ0n) is 14.9. The highest BCUT2D eigenvalue weighted by atomic mass is 19.3.